The Bertz CT molecular complexity index is 282. The van der Waals surface area contributed by atoms with E-state index in [0.717, 1.165) is 25.7 Å². The third-order valence-electron chi connectivity index (χ3n) is 3.06. The van der Waals surface area contributed by atoms with Gasteiger partial charge in [-0.05, 0) is 52.9 Å². The molecule has 0 aromatic heterocycles. The van der Waals surface area contributed by atoms with Crippen molar-refractivity contribution in [1.82, 2.24) is 0 Å². The Morgan fingerprint density at radius 3 is 1.76 bits per heavy atom. The summed E-state index contributed by atoms with van der Waals surface area (Å²) in [5.74, 6) is 0. The first-order chi connectivity index (χ1) is 8.10. The molecular weight excluding hydrogens is 208 g/mol. The van der Waals surface area contributed by atoms with Crippen LogP contribution in [0.15, 0.2) is 34.9 Å². The summed E-state index contributed by atoms with van der Waals surface area (Å²) in [7, 11) is 0. The van der Waals surface area contributed by atoms with E-state index in [1.54, 1.807) is 0 Å². The Balaban J connectivity index is 3.83. The van der Waals surface area contributed by atoms with Crippen molar-refractivity contribution in [2.24, 2.45) is 0 Å². The van der Waals surface area contributed by atoms with E-state index < -0.39 is 0 Å². The first kappa shape index (κ1) is 16.2. The molecule has 0 amide bonds. The van der Waals surface area contributed by atoms with Gasteiger partial charge in [-0.3, -0.25) is 0 Å². The lowest BCUT2D eigenvalue weighted by Crippen LogP contribution is -1.82. The maximum atomic E-state index is 8.74. The molecule has 1 heteroatoms. The maximum absolute atomic E-state index is 8.74. The molecule has 0 bridgehead atoms. The Kier molecular flexibility index (Phi) is 9.84. The van der Waals surface area contributed by atoms with Crippen LogP contribution in [-0.2, 0) is 0 Å². The highest BCUT2D eigenvalue weighted by Crippen LogP contribution is 2.11. The number of aliphatic hydroxyl groups is 1. The van der Waals surface area contributed by atoms with Crippen molar-refractivity contribution < 1.29 is 5.11 Å². The molecule has 0 aliphatic heterocycles. The van der Waals surface area contributed by atoms with Crippen molar-refractivity contribution in [3.8, 4) is 0 Å². The first-order valence-corrected chi connectivity index (χ1v) is 6.67. The second kappa shape index (κ2) is 10.3. The maximum Gasteiger partial charge on any atom is 0.0614 e. The molecule has 0 aromatic carbocycles. The van der Waals surface area contributed by atoms with Gasteiger partial charge >= 0.3 is 0 Å². The van der Waals surface area contributed by atoms with Crippen molar-refractivity contribution in [2.75, 3.05) is 6.61 Å². The van der Waals surface area contributed by atoms with Crippen molar-refractivity contribution in [1.29, 1.82) is 0 Å². The van der Waals surface area contributed by atoms with Gasteiger partial charge in [0.05, 0.1) is 6.61 Å². The molecule has 0 fully saturated rings. The van der Waals surface area contributed by atoms with Crippen LogP contribution in [0.3, 0.4) is 0 Å². The highest BCUT2D eigenvalue weighted by Gasteiger charge is 1.91. The topological polar surface area (TPSA) is 20.2 Å². The Labute approximate surface area is 107 Å². The van der Waals surface area contributed by atoms with Gasteiger partial charge in [-0.15, -0.1) is 0 Å². The molecule has 0 unspecified atom stereocenters. The molecule has 0 aromatic rings. The molecule has 0 rings (SSSR count). The predicted octanol–water partition coefficient (Wildman–Crippen LogP) is 4.79. The van der Waals surface area contributed by atoms with Crippen LogP contribution >= 0.6 is 0 Å². The third-order valence-corrected chi connectivity index (χ3v) is 3.06. The lowest BCUT2D eigenvalue weighted by molar-refractivity contribution is 0.341. The van der Waals surface area contributed by atoms with E-state index in [1.807, 2.05) is 6.08 Å². The monoisotopic (exact) mass is 236 g/mol. The van der Waals surface area contributed by atoms with Gasteiger partial charge < -0.3 is 5.11 Å². The minimum Gasteiger partial charge on any atom is -0.392 e. The first-order valence-electron chi connectivity index (χ1n) is 6.67. The Morgan fingerprint density at radius 1 is 0.824 bits per heavy atom. The van der Waals surface area contributed by atoms with Crippen LogP contribution in [-0.4, -0.2) is 11.7 Å². The number of hydrogen-bond acceptors (Lipinski definition) is 1. The second-order valence-electron chi connectivity index (χ2n) is 4.76. The van der Waals surface area contributed by atoms with Crippen LogP contribution < -0.4 is 0 Å². The standard InChI is InChI=1S/C16H28O/c1-5-14(2)8-6-9-15(3)10-7-11-16(4)12-13-17/h8,10,12,17H,5-7,9,11,13H2,1-4H3. The van der Waals surface area contributed by atoms with E-state index in [4.69, 9.17) is 5.11 Å². The molecule has 98 valence electrons. The van der Waals surface area contributed by atoms with E-state index in [0.29, 0.717) is 0 Å². The number of rotatable bonds is 8. The molecular formula is C16H28O. The van der Waals surface area contributed by atoms with Gasteiger partial charge in [0.1, 0.15) is 0 Å². The molecule has 0 saturated carbocycles. The molecule has 0 saturated heterocycles. The fraction of sp³-hybridized carbons (Fsp3) is 0.625. The summed E-state index contributed by atoms with van der Waals surface area (Å²) in [5.41, 5.74) is 4.24. The lowest BCUT2D eigenvalue weighted by atomic mass is 10.1. The summed E-state index contributed by atoms with van der Waals surface area (Å²) < 4.78 is 0. The summed E-state index contributed by atoms with van der Waals surface area (Å²) in [5, 5.41) is 8.74. The van der Waals surface area contributed by atoms with Crippen molar-refractivity contribution in [3.63, 3.8) is 0 Å². The molecule has 17 heavy (non-hydrogen) atoms. The highest BCUT2D eigenvalue weighted by atomic mass is 16.2. The predicted molar refractivity (Wildman–Crippen MR) is 77.1 cm³/mol. The van der Waals surface area contributed by atoms with Gasteiger partial charge in [-0.1, -0.05) is 41.9 Å². The van der Waals surface area contributed by atoms with E-state index in [-0.39, 0.29) is 6.61 Å². The number of aliphatic hydroxyl groups excluding tert-OH is 1. The summed E-state index contributed by atoms with van der Waals surface area (Å²) in [6.45, 7) is 8.84. The SMILES string of the molecule is CCC(C)=CCCC(C)=CCCC(C)=CCO. The van der Waals surface area contributed by atoms with Gasteiger partial charge in [0.25, 0.3) is 0 Å². The third kappa shape index (κ3) is 10.1. The van der Waals surface area contributed by atoms with E-state index >= 15 is 0 Å². The normalized spacial score (nSPS) is 14.3. The van der Waals surface area contributed by atoms with E-state index in [2.05, 4.69) is 39.8 Å². The Morgan fingerprint density at radius 2 is 1.29 bits per heavy atom. The minimum absolute atomic E-state index is 0.162. The zero-order chi connectivity index (χ0) is 13.1. The fourth-order valence-corrected chi connectivity index (χ4v) is 1.60. The average Bonchev–Trinajstić information content (AvgIpc) is 2.29. The molecule has 1 N–H and O–H groups in total. The van der Waals surface area contributed by atoms with Crippen LogP contribution in [0.1, 0.15) is 59.8 Å². The van der Waals surface area contributed by atoms with Crippen molar-refractivity contribution in [3.05, 3.63) is 34.9 Å². The average molecular weight is 236 g/mol. The molecule has 1 nitrogen and oxygen atoms in total. The summed E-state index contributed by atoms with van der Waals surface area (Å²) in [4.78, 5) is 0. The van der Waals surface area contributed by atoms with Crippen molar-refractivity contribution >= 4 is 0 Å². The zero-order valence-electron chi connectivity index (χ0n) is 11.9. The van der Waals surface area contributed by atoms with Crippen LogP contribution in [0, 0.1) is 0 Å². The minimum atomic E-state index is 0.162. The van der Waals surface area contributed by atoms with Crippen LogP contribution in [0.25, 0.3) is 0 Å². The van der Waals surface area contributed by atoms with Crippen LogP contribution in [0.5, 0.6) is 0 Å². The zero-order valence-corrected chi connectivity index (χ0v) is 11.9. The second-order valence-corrected chi connectivity index (χ2v) is 4.76. The van der Waals surface area contributed by atoms with Crippen LogP contribution in [0.4, 0.5) is 0 Å². The van der Waals surface area contributed by atoms with Gasteiger partial charge in [-0.25, -0.2) is 0 Å². The largest absolute Gasteiger partial charge is 0.392 e. The number of hydrogen-bond donors (Lipinski definition) is 1. The van der Waals surface area contributed by atoms with Gasteiger partial charge in [0.15, 0.2) is 0 Å². The van der Waals surface area contributed by atoms with Crippen molar-refractivity contribution in [2.45, 2.75) is 59.8 Å². The van der Waals surface area contributed by atoms with E-state index in [9.17, 15) is 0 Å². The van der Waals surface area contributed by atoms with Crippen LogP contribution in [0.2, 0.25) is 0 Å². The molecule has 0 atom stereocenters. The van der Waals surface area contributed by atoms with Gasteiger partial charge in [0.2, 0.25) is 0 Å². The van der Waals surface area contributed by atoms with Gasteiger partial charge in [0, 0.05) is 0 Å². The summed E-state index contributed by atoms with van der Waals surface area (Å²) >= 11 is 0. The molecule has 0 radical (unpaired) electrons. The molecule has 0 aliphatic carbocycles. The molecule has 0 aliphatic rings. The smallest absolute Gasteiger partial charge is 0.0614 e. The quantitative estimate of drug-likeness (QED) is 0.601. The van der Waals surface area contributed by atoms with E-state index in [1.165, 1.54) is 23.1 Å². The number of allylic oxidation sites excluding steroid dienone is 5. The fourth-order valence-electron chi connectivity index (χ4n) is 1.60. The molecule has 0 spiro atoms. The van der Waals surface area contributed by atoms with Gasteiger partial charge in [-0.2, -0.15) is 0 Å². The summed E-state index contributed by atoms with van der Waals surface area (Å²) in [6, 6.07) is 0. The molecule has 0 heterocycles. The summed E-state index contributed by atoms with van der Waals surface area (Å²) in [6.07, 6.45) is 12.2. The lowest BCUT2D eigenvalue weighted by Gasteiger charge is -2.01. The highest BCUT2D eigenvalue weighted by molar-refractivity contribution is 5.05. The Hall–Kier alpha value is -0.820.